The first-order valence-electron chi connectivity index (χ1n) is 8.54. The molecule has 3 N–H and O–H groups in total. The number of pyridine rings is 1. The van der Waals surface area contributed by atoms with Gasteiger partial charge in [-0.25, -0.2) is 23.7 Å². The second-order valence-electron chi connectivity index (χ2n) is 6.26. The van der Waals surface area contributed by atoms with Gasteiger partial charge in [0.2, 0.25) is 0 Å². The van der Waals surface area contributed by atoms with Crippen molar-refractivity contribution in [3.05, 3.63) is 66.0 Å². The maximum Gasteiger partial charge on any atom is 0.150 e. The quantitative estimate of drug-likeness (QED) is 0.548. The van der Waals surface area contributed by atoms with E-state index in [4.69, 9.17) is 5.73 Å². The van der Waals surface area contributed by atoms with Gasteiger partial charge in [0.05, 0.1) is 23.4 Å². The van der Waals surface area contributed by atoms with E-state index in [-0.39, 0.29) is 22.9 Å². The van der Waals surface area contributed by atoms with Crippen LogP contribution in [-0.4, -0.2) is 24.5 Å². The third-order valence-electron chi connectivity index (χ3n) is 4.32. The second kappa shape index (κ2) is 7.12. The van der Waals surface area contributed by atoms with Crippen LogP contribution >= 0.6 is 0 Å². The summed E-state index contributed by atoms with van der Waals surface area (Å²) in [7, 11) is 0. The molecule has 10 heteroatoms. The number of hydrogen-bond donors (Lipinski definition) is 2. The maximum absolute atomic E-state index is 13.9. The van der Waals surface area contributed by atoms with Crippen molar-refractivity contribution in [2.45, 2.75) is 13.0 Å². The summed E-state index contributed by atoms with van der Waals surface area (Å²) in [5.74, 6) is -0.702. The minimum Gasteiger partial charge on any atom is -0.382 e. The molecule has 4 aromatic rings. The topological polar surface area (TPSA) is 118 Å². The molecule has 0 aliphatic rings. The summed E-state index contributed by atoms with van der Waals surface area (Å²) >= 11 is 0. The van der Waals surface area contributed by atoms with Crippen molar-refractivity contribution in [2.24, 2.45) is 0 Å². The number of nitrogens with one attached hydrogen (secondary N) is 1. The first kappa shape index (κ1) is 18.2. The lowest BCUT2D eigenvalue weighted by molar-refractivity contribution is 0.581. The highest BCUT2D eigenvalue weighted by Crippen LogP contribution is 2.28. The summed E-state index contributed by atoms with van der Waals surface area (Å²) in [5, 5.41) is 12.4. The molecule has 29 heavy (non-hydrogen) atoms. The van der Waals surface area contributed by atoms with Gasteiger partial charge in [-0.15, -0.1) is 0 Å². The Morgan fingerprint density at radius 1 is 1.21 bits per heavy atom. The zero-order chi connectivity index (χ0) is 20.5. The van der Waals surface area contributed by atoms with Crippen molar-refractivity contribution >= 4 is 22.7 Å². The second-order valence-corrected chi connectivity index (χ2v) is 6.26. The standard InChI is InChI=1S/C19H14F2N8/c1-10(27-18-14(7-22)17(23)25-9-26-18)19-28-15-8-24-3-2-16(15)29(19)13-5-11(20)4-12(21)6-13/h2-6,8-10H,1H3,(H3,23,25,26,27). The highest BCUT2D eigenvalue weighted by Gasteiger charge is 2.21. The predicted molar refractivity (Wildman–Crippen MR) is 102 cm³/mol. The highest BCUT2D eigenvalue weighted by atomic mass is 19.1. The SMILES string of the molecule is CC(Nc1ncnc(N)c1C#N)c1nc2cnccc2n1-c1cc(F)cc(F)c1. The van der Waals surface area contributed by atoms with Crippen LogP contribution in [0.4, 0.5) is 20.4 Å². The molecule has 0 fully saturated rings. The summed E-state index contributed by atoms with van der Waals surface area (Å²) in [5.41, 5.74) is 7.27. The van der Waals surface area contributed by atoms with E-state index in [9.17, 15) is 14.0 Å². The molecule has 1 aromatic carbocycles. The van der Waals surface area contributed by atoms with Crippen LogP contribution in [0.1, 0.15) is 24.4 Å². The van der Waals surface area contributed by atoms with Crippen molar-refractivity contribution < 1.29 is 8.78 Å². The number of nitrogens with two attached hydrogens (primary N) is 1. The monoisotopic (exact) mass is 392 g/mol. The number of nitrogens with zero attached hydrogens (tertiary/aromatic N) is 6. The highest BCUT2D eigenvalue weighted by molar-refractivity contribution is 5.77. The number of hydrogen-bond acceptors (Lipinski definition) is 7. The van der Waals surface area contributed by atoms with Gasteiger partial charge in [0, 0.05) is 12.3 Å². The van der Waals surface area contributed by atoms with Crippen molar-refractivity contribution in [2.75, 3.05) is 11.1 Å². The average molecular weight is 392 g/mol. The molecule has 0 spiro atoms. The van der Waals surface area contributed by atoms with Crippen LogP contribution in [0, 0.1) is 23.0 Å². The molecule has 0 aliphatic carbocycles. The largest absolute Gasteiger partial charge is 0.382 e. The minimum atomic E-state index is -0.710. The molecule has 0 saturated heterocycles. The molecule has 0 amide bonds. The van der Waals surface area contributed by atoms with Gasteiger partial charge in [-0.2, -0.15) is 5.26 Å². The summed E-state index contributed by atoms with van der Waals surface area (Å²) in [6.07, 6.45) is 4.36. The zero-order valence-electron chi connectivity index (χ0n) is 15.1. The van der Waals surface area contributed by atoms with E-state index in [1.165, 1.54) is 18.5 Å². The first-order valence-corrected chi connectivity index (χ1v) is 8.54. The van der Waals surface area contributed by atoms with Crippen LogP contribution < -0.4 is 11.1 Å². The fourth-order valence-electron chi connectivity index (χ4n) is 3.07. The van der Waals surface area contributed by atoms with Crippen LogP contribution in [0.15, 0.2) is 43.0 Å². The van der Waals surface area contributed by atoms with Gasteiger partial charge in [0.15, 0.2) is 0 Å². The number of nitrogen functional groups attached to an aromatic ring is 1. The summed E-state index contributed by atoms with van der Waals surface area (Å²) in [6.45, 7) is 1.78. The van der Waals surface area contributed by atoms with Gasteiger partial charge < -0.3 is 11.1 Å². The lowest BCUT2D eigenvalue weighted by Crippen LogP contribution is -2.15. The molecular formula is C19H14F2N8. The van der Waals surface area contributed by atoms with E-state index in [0.717, 1.165) is 6.07 Å². The van der Waals surface area contributed by atoms with E-state index in [0.29, 0.717) is 16.9 Å². The Morgan fingerprint density at radius 3 is 2.69 bits per heavy atom. The van der Waals surface area contributed by atoms with Gasteiger partial charge in [0.25, 0.3) is 0 Å². The Morgan fingerprint density at radius 2 is 1.97 bits per heavy atom. The molecule has 1 atom stereocenters. The number of nitriles is 1. The average Bonchev–Trinajstić information content (AvgIpc) is 3.07. The van der Waals surface area contributed by atoms with Gasteiger partial charge in [-0.1, -0.05) is 0 Å². The van der Waals surface area contributed by atoms with Crippen molar-refractivity contribution in [3.8, 4) is 11.8 Å². The number of anilines is 2. The molecule has 144 valence electrons. The predicted octanol–water partition coefficient (Wildman–Crippen LogP) is 3.12. The van der Waals surface area contributed by atoms with E-state index < -0.39 is 17.7 Å². The van der Waals surface area contributed by atoms with Crippen LogP contribution in [-0.2, 0) is 0 Å². The number of halogens is 2. The van der Waals surface area contributed by atoms with Gasteiger partial charge in [-0.05, 0) is 25.1 Å². The minimum absolute atomic E-state index is 0.0436. The third kappa shape index (κ3) is 3.29. The van der Waals surface area contributed by atoms with Gasteiger partial charge in [0.1, 0.15) is 52.6 Å². The smallest absolute Gasteiger partial charge is 0.150 e. The molecule has 0 bridgehead atoms. The Labute approximate surface area is 163 Å². The van der Waals surface area contributed by atoms with E-state index in [1.54, 1.807) is 30.0 Å². The molecule has 3 heterocycles. The number of rotatable bonds is 4. The Kier molecular flexibility index (Phi) is 4.48. The number of benzene rings is 1. The molecule has 0 aliphatic heterocycles. The number of imidazole rings is 1. The Bertz CT molecular complexity index is 1240. The maximum atomic E-state index is 13.9. The number of aromatic nitrogens is 5. The summed E-state index contributed by atoms with van der Waals surface area (Å²) < 4.78 is 29.4. The Balaban J connectivity index is 1.86. The first-order chi connectivity index (χ1) is 14.0. The molecule has 4 rings (SSSR count). The summed E-state index contributed by atoms with van der Waals surface area (Å²) in [4.78, 5) is 16.5. The van der Waals surface area contributed by atoms with Gasteiger partial charge >= 0.3 is 0 Å². The lowest BCUT2D eigenvalue weighted by atomic mass is 10.2. The lowest BCUT2D eigenvalue weighted by Gasteiger charge is -2.18. The molecule has 8 nitrogen and oxygen atoms in total. The molecule has 1 unspecified atom stereocenters. The third-order valence-corrected chi connectivity index (χ3v) is 4.32. The van der Waals surface area contributed by atoms with Gasteiger partial charge in [-0.3, -0.25) is 9.55 Å². The summed E-state index contributed by atoms with van der Waals surface area (Å²) in [6, 6.07) is 6.38. The van der Waals surface area contributed by atoms with E-state index in [1.807, 2.05) is 6.07 Å². The molecular weight excluding hydrogens is 378 g/mol. The van der Waals surface area contributed by atoms with E-state index in [2.05, 4.69) is 25.3 Å². The van der Waals surface area contributed by atoms with E-state index >= 15 is 0 Å². The normalized spacial score (nSPS) is 11.9. The van der Waals surface area contributed by atoms with Crippen molar-refractivity contribution in [1.29, 1.82) is 5.26 Å². The van der Waals surface area contributed by atoms with Crippen LogP contribution in [0.3, 0.4) is 0 Å². The molecule has 0 radical (unpaired) electrons. The fourth-order valence-corrected chi connectivity index (χ4v) is 3.07. The molecule has 3 aromatic heterocycles. The zero-order valence-corrected chi connectivity index (χ0v) is 15.1. The van der Waals surface area contributed by atoms with Crippen LogP contribution in [0.2, 0.25) is 0 Å². The van der Waals surface area contributed by atoms with Crippen LogP contribution in [0.5, 0.6) is 0 Å². The fraction of sp³-hybridized carbons (Fsp3) is 0.105. The Hall–Kier alpha value is -4.13. The van der Waals surface area contributed by atoms with Crippen LogP contribution in [0.25, 0.3) is 16.7 Å². The molecule has 0 saturated carbocycles. The van der Waals surface area contributed by atoms with Crippen molar-refractivity contribution in [3.63, 3.8) is 0 Å². The van der Waals surface area contributed by atoms with Crippen molar-refractivity contribution in [1.82, 2.24) is 24.5 Å². The number of fused-ring (bicyclic) bond motifs is 1.